The maximum atomic E-state index is 5.74. The number of rotatable bonds is 9. The summed E-state index contributed by atoms with van der Waals surface area (Å²) < 4.78 is 5.74. The van der Waals surface area contributed by atoms with E-state index in [9.17, 15) is 0 Å². The van der Waals surface area contributed by atoms with Crippen LogP contribution in [0.3, 0.4) is 0 Å². The summed E-state index contributed by atoms with van der Waals surface area (Å²) in [6.45, 7) is 8.72. The quantitative estimate of drug-likeness (QED) is 0.612. The van der Waals surface area contributed by atoms with Crippen LogP contribution in [0.4, 0.5) is 0 Å². The number of ether oxygens (including phenoxy) is 1. The Bertz CT molecular complexity index is 385. The van der Waals surface area contributed by atoms with Crippen molar-refractivity contribution in [2.24, 2.45) is 0 Å². The van der Waals surface area contributed by atoms with Crippen molar-refractivity contribution in [3.05, 3.63) is 36.8 Å². The largest absolute Gasteiger partial charge is 0.494 e. The summed E-state index contributed by atoms with van der Waals surface area (Å²) in [5.74, 6) is 0.951. The maximum Gasteiger partial charge on any atom is 0.119 e. The Morgan fingerprint density at radius 3 is 2.52 bits per heavy atom. The van der Waals surface area contributed by atoms with E-state index in [0.29, 0.717) is 0 Å². The van der Waals surface area contributed by atoms with E-state index >= 15 is 0 Å². The van der Waals surface area contributed by atoms with Gasteiger partial charge in [0.2, 0.25) is 0 Å². The van der Waals surface area contributed by atoms with Gasteiger partial charge in [-0.2, -0.15) is 0 Å². The summed E-state index contributed by atoms with van der Waals surface area (Å²) >= 11 is 0. The summed E-state index contributed by atoms with van der Waals surface area (Å²) in [5, 5.41) is 0. The minimum Gasteiger partial charge on any atom is -0.494 e. The molecule has 1 heterocycles. The molecule has 0 unspecified atom stereocenters. The lowest BCUT2D eigenvalue weighted by Gasteiger charge is -2.26. The van der Waals surface area contributed by atoms with Crippen LogP contribution in [0.5, 0.6) is 5.75 Å². The molecule has 0 bridgehead atoms. The highest BCUT2D eigenvalue weighted by molar-refractivity contribution is 5.29. The van der Waals surface area contributed by atoms with Gasteiger partial charge in [-0.05, 0) is 69.9 Å². The molecule has 117 valence electrons. The van der Waals surface area contributed by atoms with Crippen LogP contribution in [0.15, 0.2) is 24.3 Å². The summed E-state index contributed by atoms with van der Waals surface area (Å²) in [6, 6.07) is 8.00. The molecule has 0 atom stereocenters. The van der Waals surface area contributed by atoms with Gasteiger partial charge in [-0.3, -0.25) is 0 Å². The normalized spacial score (nSPS) is 16.0. The molecule has 0 aliphatic carbocycles. The van der Waals surface area contributed by atoms with Gasteiger partial charge in [0.1, 0.15) is 5.75 Å². The minimum atomic E-state index is 0.829. The standard InChI is InChI=1S/C19H30NO/c1-18-11-10-12-19(17-18)21-16-9-4-2-3-6-13-20-14-7-5-8-15-20/h10-12,17H,1-9,13-16H2. The van der Waals surface area contributed by atoms with Crippen molar-refractivity contribution in [1.82, 2.24) is 4.90 Å². The predicted molar refractivity (Wildman–Crippen MR) is 89.8 cm³/mol. The highest BCUT2D eigenvalue weighted by atomic mass is 16.5. The molecule has 1 aromatic carbocycles. The number of nitrogens with zero attached hydrogens (tertiary/aromatic N) is 1. The Labute approximate surface area is 130 Å². The van der Waals surface area contributed by atoms with Gasteiger partial charge in [0.25, 0.3) is 0 Å². The maximum absolute atomic E-state index is 5.74. The number of piperidine rings is 1. The van der Waals surface area contributed by atoms with Crippen LogP contribution in [0.2, 0.25) is 0 Å². The third-order valence-corrected chi connectivity index (χ3v) is 4.23. The number of hydrogen-bond donors (Lipinski definition) is 0. The number of unbranched alkanes of at least 4 members (excludes halogenated alkanes) is 4. The zero-order valence-electron chi connectivity index (χ0n) is 13.4. The van der Waals surface area contributed by atoms with E-state index < -0.39 is 0 Å². The topological polar surface area (TPSA) is 12.5 Å². The molecule has 2 rings (SSSR count). The highest BCUT2D eigenvalue weighted by Gasteiger charge is 2.08. The first-order valence-corrected chi connectivity index (χ1v) is 8.62. The van der Waals surface area contributed by atoms with E-state index in [1.165, 1.54) is 64.6 Å². The van der Waals surface area contributed by atoms with Crippen LogP contribution >= 0.6 is 0 Å². The molecule has 0 aromatic heterocycles. The molecule has 0 N–H and O–H groups in total. The fourth-order valence-electron chi connectivity index (χ4n) is 2.98. The number of benzene rings is 1. The van der Waals surface area contributed by atoms with Gasteiger partial charge in [0.05, 0.1) is 6.61 Å². The van der Waals surface area contributed by atoms with Crippen molar-refractivity contribution in [2.45, 2.75) is 51.4 Å². The summed E-state index contributed by atoms with van der Waals surface area (Å²) in [6.07, 6.45) is 10.8. The van der Waals surface area contributed by atoms with Gasteiger partial charge in [0.15, 0.2) is 0 Å². The fourth-order valence-corrected chi connectivity index (χ4v) is 2.98. The van der Waals surface area contributed by atoms with E-state index in [4.69, 9.17) is 4.74 Å². The van der Waals surface area contributed by atoms with Crippen molar-refractivity contribution in [2.75, 3.05) is 26.2 Å². The molecule has 1 aliphatic heterocycles. The lowest BCUT2D eigenvalue weighted by molar-refractivity contribution is 0.223. The lowest BCUT2D eigenvalue weighted by atomic mass is 10.1. The number of hydrogen-bond acceptors (Lipinski definition) is 2. The minimum absolute atomic E-state index is 0.829. The van der Waals surface area contributed by atoms with Gasteiger partial charge in [-0.15, -0.1) is 0 Å². The molecule has 0 saturated carbocycles. The average Bonchev–Trinajstić information content (AvgIpc) is 2.51. The summed E-state index contributed by atoms with van der Waals surface area (Å²) in [7, 11) is 0. The SMILES string of the molecule is [CH2]c1cccc(OCCCCCCCN2CCCCC2)c1. The Balaban J connectivity index is 1.41. The second kappa shape index (κ2) is 9.83. The van der Waals surface area contributed by atoms with E-state index in [0.717, 1.165) is 24.3 Å². The molecule has 2 heteroatoms. The molecule has 1 radical (unpaired) electrons. The molecule has 1 saturated heterocycles. The van der Waals surface area contributed by atoms with Crippen LogP contribution in [0.1, 0.15) is 56.9 Å². The Morgan fingerprint density at radius 2 is 1.71 bits per heavy atom. The van der Waals surface area contributed by atoms with Crippen LogP contribution in [-0.4, -0.2) is 31.1 Å². The Hall–Kier alpha value is -1.02. The Kier molecular flexibility index (Phi) is 7.66. The van der Waals surface area contributed by atoms with Crippen LogP contribution in [0.25, 0.3) is 0 Å². The predicted octanol–water partition coefficient (Wildman–Crippen LogP) is 4.68. The van der Waals surface area contributed by atoms with Crippen molar-refractivity contribution in [3.8, 4) is 5.75 Å². The van der Waals surface area contributed by atoms with Gasteiger partial charge < -0.3 is 9.64 Å². The van der Waals surface area contributed by atoms with E-state index in [1.54, 1.807) is 0 Å². The first kappa shape index (κ1) is 16.4. The van der Waals surface area contributed by atoms with Gasteiger partial charge in [-0.25, -0.2) is 0 Å². The van der Waals surface area contributed by atoms with Gasteiger partial charge in [0, 0.05) is 0 Å². The van der Waals surface area contributed by atoms with Gasteiger partial charge in [-0.1, -0.05) is 37.8 Å². The monoisotopic (exact) mass is 288 g/mol. The van der Waals surface area contributed by atoms with Crippen molar-refractivity contribution >= 4 is 0 Å². The highest BCUT2D eigenvalue weighted by Crippen LogP contribution is 2.14. The zero-order valence-corrected chi connectivity index (χ0v) is 13.4. The van der Waals surface area contributed by atoms with Gasteiger partial charge >= 0.3 is 0 Å². The first-order valence-electron chi connectivity index (χ1n) is 8.62. The molecule has 1 aromatic rings. The lowest BCUT2D eigenvalue weighted by Crippen LogP contribution is -2.30. The molecular formula is C19H30NO. The summed E-state index contributed by atoms with van der Waals surface area (Å²) in [5.41, 5.74) is 1.02. The smallest absolute Gasteiger partial charge is 0.119 e. The molecular weight excluding hydrogens is 258 g/mol. The molecule has 21 heavy (non-hydrogen) atoms. The second-order valence-corrected chi connectivity index (χ2v) is 6.17. The average molecular weight is 288 g/mol. The van der Waals surface area contributed by atoms with Crippen LogP contribution < -0.4 is 4.74 Å². The van der Waals surface area contributed by atoms with Crippen molar-refractivity contribution < 1.29 is 4.74 Å². The third-order valence-electron chi connectivity index (χ3n) is 4.23. The summed E-state index contributed by atoms with van der Waals surface area (Å²) in [4.78, 5) is 2.64. The van der Waals surface area contributed by atoms with E-state index in [1.807, 2.05) is 24.3 Å². The number of likely N-dealkylation sites (tertiary alicyclic amines) is 1. The molecule has 1 aliphatic rings. The van der Waals surface area contributed by atoms with E-state index in [2.05, 4.69) is 11.8 Å². The second-order valence-electron chi connectivity index (χ2n) is 6.17. The van der Waals surface area contributed by atoms with E-state index in [-0.39, 0.29) is 0 Å². The van der Waals surface area contributed by atoms with Crippen LogP contribution in [0, 0.1) is 6.92 Å². The van der Waals surface area contributed by atoms with Crippen LogP contribution in [-0.2, 0) is 0 Å². The molecule has 2 nitrogen and oxygen atoms in total. The molecule has 0 spiro atoms. The third kappa shape index (κ3) is 6.99. The molecule has 1 fully saturated rings. The zero-order chi connectivity index (χ0) is 14.8. The first-order chi connectivity index (χ1) is 10.3. The molecule has 0 amide bonds. The fraction of sp³-hybridized carbons (Fsp3) is 0.632. The Morgan fingerprint density at radius 1 is 0.952 bits per heavy atom. The van der Waals surface area contributed by atoms with Crippen molar-refractivity contribution in [1.29, 1.82) is 0 Å². The van der Waals surface area contributed by atoms with Crippen molar-refractivity contribution in [3.63, 3.8) is 0 Å².